The number of pyridine rings is 1. The van der Waals surface area contributed by atoms with Gasteiger partial charge in [0.15, 0.2) is 5.78 Å². The van der Waals surface area contributed by atoms with Crippen LogP contribution in [0, 0.1) is 11.3 Å². The Bertz CT molecular complexity index is 702. The van der Waals surface area contributed by atoms with Crippen molar-refractivity contribution in [2.75, 3.05) is 5.32 Å². The zero-order valence-electron chi connectivity index (χ0n) is 10.9. The minimum atomic E-state index is 0.0847. The van der Waals surface area contributed by atoms with Gasteiger partial charge in [0.25, 0.3) is 0 Å². The molecule has 1 aromatic carbocycles. The Morgan fingerprint density at radius 1 is 1.20 bits per heavy atom. The summed E-state index contributed by atoms with van der Waals surface area (Å²) in [7, 11) is 0. The number of para-hydroxylation sites is 1. The number of carbonyl (C=O) groups excluding carboxylic acids is 1. The van der Waals surface area contributed by atoms with Crippen LogP contribution in [0.25, 0.3) is 0 Å². The largest absolute Gasteiger partial charge is 0.339 e. The number of fused-ring (bicyclic) bond motifs is 1. The molecule has 0 unspecified atom stereocenters. The summed E-state index contributed by atoms with van der Waals surface area (Å²) < 4.78 is 0. The number of hydrogen-bond donors (Lipinski definition) is 1. The molecule has 0 spiro atoms. The molecule has 4 nitrogen and oxygen atoms in total. The molecule has 0 amide bonds. The molecule has 0 radical (unpaired) electrons. The van der Waals surface area contributed by atoms with Crippen LogP contribution in [0.3, 0.4) is 0 Å². The van der Waals surface area contributed by atoms with Crippen LogP contribution in [-0.4, -0.2) is 10.8 Å². The van der Waals surface area contributed by atoms with Crippen LogP contribution in [0.15, 0.2) is 36.4 Å². The molecule has 0 bridgehead atoms. The lowest BCUT2D eigenvalue weighted by molar-refractivity contribution is 0.0971. The molecule has 2 aromatic rings. The van der Waals surface area contributed by atoms with Gasteiger partial charge < -0.3 is 5.32 Å². The monoisotopic (exact) mass is 263 g/mol. The van der Waals surface area contributed by atoms with E-state index >= 15 is 0 Å². The first-order chi connectivity index (χ1) is 9.78. The molecule has 3 rings (SSSR count). The fourth-order valence-electron chi connectivity index (χ4n) is 2.37. The third kappa shape index (κ3) is 2.26. The van der Waals surface area contributed by atoms with Gasteiger partial charge in [-0.25, -0.2) is 4.98 Å². The Labute approximate surface area is 117 Å². The van der Waals surface area contributed by atoms with Crippen molar-refractivity contribution in [3.63, 3.8) is 0 Å². The van der Waals surface area contributed by atoms with E-state index in [9.17, 15) is 10.1 Å². The predicted molar refractivity (Wildman–Crippen MR) is 75.9 cm³/mol. The summed E-state index contributed by atoms with van der Waals surface area (Å²) >= 11 is 0. The molecular weight excluding hydrogens is 250 g/mol. The maximum atomic E-state index is 11.9. The molecule has 0 saturated heterocycles. The number of aryl methyl sites for hydroxylation is 1. The summed E-state index contributed by atoms with van der Waals surface area (Å²) in [6.45, 7) is 0. The lowest BCUT2D eigenvalue weighted by atomic mass is 9.93. The molecule has 0 aliphatic heterocycles. The van der Waals surface area contributed by atoms with E-state index in [1.54, 1.807) is 6.07 Å². The Morgan fingerprint density at radius 3 is 2.75 bits per heavy atom. The van der Waals surface area contributed by atoms with E-state index in [-0.39, 0.29) is 5.78 Å². The zero-order chi connectivity index (χ0) is 13.9. The zero-order valence-corrected chi connectivity index (χ0v) is 10.9. The van der Waals surface area contributed by atoms with E-state index in [1.165, 1.54) is 0 Å². The lowest BCUT2D eigenvalue weighted by Gasteiger charge is -2.16. The van der Waals surface area contributed by atoms with Crippen LogP contribution < -0.4 is 5.32 Å². The highest BCUT2D eigenvalue weighted by Crippen LogP contribution is 2.26. The topological polar surface area (TPSA) is 65.8 Å². The maximum Gasteiger partial charge on any atom is 0.164 e. The van der Waals surface area contributed by atoms with Crippen LogP contribution >= 0.6 is 0 Å². The highest BCUT2D eigenvalue weighted by atomic mass is 16.1. The van der Waals surface area contributed by atoms with E-state index in [0.717, 1.165) is 24.2 Å². The summed E-state index contributed by atoms with van der Waals surface area (Å²) in [5.74, 6) is 0.605. The first-order valence-corrected chi connectivity index (χ1v) is 6.57. The molecule has 1 aliphatic carbocycles. The molecule has 4 heteroatoms. The van der Waals surface area contributed by atoms with Gasteiger partial charge in [0, 0.05) is 17.7 Å². The molecule has 1 aliphatic rings. The fourth-order valence-corrected chi connectivity index (χ4v) is 2.37. The van der Waals surface area contributed by atoms with Gasteiger partial charge in [0.1, 0.15) is 11.9 Å². The van der Waals surface area contributed by atoms with Gasteiger partial charge in [-0.2, -0.15) is 5.26 Å². The first kappa shape index (κ1) is 12.4. The number of hydrogen-bond acceptors (Lipinski definition) is 4. The number of nitrogens with one attached hydrogen (secondary N) is 1. The third-order valence-corrected chi connectivity index (χ3v) is 3.38. The summed E-state index contributed by atoms with van der Waals surface area (Å²) in [6.07, 6.45) is 2.16. The van der Waals surface area contributed by atoms with E-state index in [2.05, 4.69) is 16.4 Å². The summed E-state index contributed by atoms with van der Waals surface area (Å²) in [5, 5.41) is 12.4. The average Bonchev–Trinajstić information content (AvgIpc) is 2.48. The molecule has 1 heterocycles. The fraction of sp³-hybridized carbons (Fsp3) is 0.188. The van der Waals surface area contributed by atoms with Crippen molar-refractivity contribution >= 4 is 17.3 Å². The van der Waals surface area contributed by atoms with E-state index in [1.807, 2.05) is 30.3 Å². The van der Waals surface area contributed by atoms with Gasteiger partial charge in [0.2, 0.25) is 0 Å². The van der Waals surface area contributed by atoms with Gasteiger partial charge in [-0.1, -0.05) is 18.2 Å². The summed E-state index contributed by atoms with van der Waals surface area (Å²) in [5.41, 5.74) is 2.67. The highest BCUT2D eigenvalue weighted by molar-refractivity contribution is 5.98. The van der Waals surface area contributed by atoms with Crippen molar-refractivity contribution in [2.45, 2.75) is 19.3 Å². The molecule has 1 aromatic heterocycles. The van der Waals surface area contributed by atoms with Gasteiger partial charge in [-0.05, 0) is 31.0 Å². The molecule has 0 fully saturated rings. The molecule has 20 heavy (non-hydrogen) atoms. The number of ketones is 1. The summed E-state index contributed by atoms with van der Waals surface area (Å²) in [6, 6.07) is 13.3. The predicted octanol–water partition coefficient (Wildman–Crippen LogP) is 3.22. The second-order valence-electron chi connectivity index (χ2n) is 4.76. The van der Waals surface area contributed by atoms with Crippen LogP contribution in [0.5, 0.6) is 0 Å². The Kier molecular flexibility index (Phi) is 3.18. The molecule has 1 N–H and O–H groups in total. The minimum Gasteiger partial charge on any atom is -0.339 e. The Morgan fingerprint density at radius 2 is 2.00 bits per heavy atom. The van der Waals surface area contributed by atoms with Crippen LogP contribution in [0.1, 0.15) is 34.5 Å². The Balaban J connectivity index is 2.03. The minimum absolute atomic E-state index is 0.0847. The molecule has 0 saturated carbocycles. The van der Waals surface area contributed by atoms with Crippen LogP contribution in [0.2, 0.25) is 0 Å². The smallest absolute Gasteiger partial charge is 0.164 e. The van der Waals surface area contributed by atoms with E-state index in [4.69, 9.17) is 0 Å². The second-order valence-corrected chi connectivity index (χ2v) is 4.76. The maximum absolute atomic E-state index is 11.9. The highest BCUT2D eigenvalue weighted by Gasteiger charge is 2.21. The van der Waals surface area contributed by atoms with Crippen molar-refractivity contribution in [1.82, 2.24) is 4.98 Å². The number of rotatable bonds is 2. The number of carbonyl (C=O) groups is 1. The van der Waals surface area contributed by atoms with E-state index in [0.29, 0.717) is 23.4 Å². The normalized spacial score (nSPS) is 13.4. The van der Waals surface area contributed by atoms with Gasteiger partial charge in [0.05, 0.1) is 11.3 Å². The number of benzene rings is 1. The first-order valence-electron chi connectivity index (χ1n) is 6.57. The average molecular weight is 263 g/mol. The molecular formula is C16H13N3O. The van der Waals surface area contributed by atoms with Crippen molar-refractivity contribution in [2.24, 2.45) is 0 Å². The van der Waals surface area contributed by atoms with Gasteiger partial charge in [-0.15, -0.1) is 0 Å². The quantitative estimate of drug-likeness (QED) is 0.903. The number of aromatic nitrogens is 1. The van der Waals surface area contributed by atoms with Crippen molar-refractivity contribution in [3.05, 3.63) is 53.2 Å². The van der Waals surface area contributed by atoms with Crippen LogP contribution in [-0.2, 0) is 6.42 Å². The van der Waals surface area contributed by atoms with Crippen molar-refractivity contribution in [1.29, 1.82) is 5.26 Å². The Hall–Kier alpha value is -2.67. The SMILES string of the molecule is N#Cc1cc2c(nc1Nc1ccccc1)CCCC2=O. The third-order valence-electron chi connectivity index (χ3n) is 3.38. The summed E-state index contributed by atoms with van der Waals surface area (Å²) in [4.78, 5) is 16.3. The number of Topliss-reactive ketones (excluding diaryl/α,β-unsaturated/α-hetero) is 1. The standard InChI is InChI=1S/C16H13N3O/c17-10-11-9-13-14(7-4-8-15(13)20)19-16(11)18-12-5-2-1-3-6-12/h1-3,5-6,9H,4,7-8H2,(H,18,19). The van der Waals surface area contributed by atoms with Gasteiger partial charge in [-0.3, -0.25) is 4.79 Å². The van der Waals surface area contributed by atoms with Crippen LogP contribution in [0.4, 0.5) is 11.5 Å². The van der Waals surface area contributed by atoms with Crippen molar-refractivity contribution < 1.29 is 4.79 Å². The van der Waals surface area contributed by atoms with Crippen molar-refractivity contribution in [3.8, 4) is 6.07 Å². The molecule has 98 valence electrons. The number of nitriles is 1. The second kappa shape index (κ2) is 5.14. The number of anilines is 2. The van der Waals surface area contributed by atoms with E-state index < -0.39 is 0 Å². The number of nitrogens with zero attached hydrogens (tertiary/aromatic N) is 2. The lowest BCUT2D eigenvalue weighted by Crippen LogP contribution is -2.14. The molecule has 0 atom stereocenters. The van der Waals surface area contributed by atoms with Gasteiger partial charge >= 0.3 is 0 Å².